The highest BCUT2D eigenvalue weighted by Gasteiger charge is 2.08. The lowest BCUT2D eigenvalue weighted by Gasteiger charge is -2.08. The monoisotopic (exact) mass is 291 g/mol. The summed E-state index contributed by atoms with van der Waals surface area (Å²) in [5.41, 5.74) is 1.21. The largest absolute Gasteiger partial charge is 0.462 e. The molecule has 0 bridgehead atoms. The van der Waals surface area contributed by atoms with E-state index in [1.54, 1.807) is 24.3 Å². The zero-order chi connectivity index (χ0) is 15.7. The van der Waals surface area contributed by atoms with Gasteiger partial charge in [-0.1, -0.05) is 27.2 Å². The van der Waals surface area contributed by atoms with Gasteiger partial charge in [-0.05, 0) is 43.0 Å². The number of hydrogen-bond acceptors (Lipinski definition) is 3. The number of carbonyl (C=O) groups is 2. The molecule has 1 rings (SSSR count). The summed E-state index contributed by atoms with van der Waals surface area (Å²) in [5, 5.41) is 2.81. The number of unbranched alkanes of at least 4 members (excludes halogenated alkanes) is 1. The molecule has 0 aromatic heterocycles. The minimum Gasteiger partial charge on any atom is -0.462 e. The van der Waals surface area contributed by atoms with Gasteiger partial charge in [-0.15, -0.1) is 0 Å². The Balaban J connectivity index is 2.45. The molecule has 0 aliphatic heterocycles. The van der Waals surface area contributed by atoms with Gasteiger partial charge in [-0.3, -0.25) is 4.79 Å². The van der Waals surface area contributed by atoms with Crippen LogP contribution in [0.2, 0.25) is 0 Å². The van der Waals surface area contributed by atoms with Crippen molar-refractivity contribution in [3.05, 3.63) is 29.8 Å². The molecule has 4 nitrogen and oxygen atoms in total. The molecule has 4 heteroatoms. The molecule has 0 fully saturated rings. The van der Waals surface area contributed by atoms with Gasteiger partial charge in [-0.25, -0.2) is 4.79 Å². The van der Waals surface area contributed by atoms with Gasteiger partial charge in [0.2, 0.25) is 5.91 Å². The van der Waals surface area contributed by atoms with Crippen LogP contribution >= 0.6 is 0 Å². The van der Waals surface area contributed by atoms with E-state index in [1.165, 1.54) is 0 Å². The Morgan fingerprint density at radius 1 is 1.19 bits per heavy atom. The standard InChI is InChI=1S/C17H25NO3/c1-4-5-6-16(19)18-15-9-7-14(8-10-15)17(20)21-12-11-13(2)3/h7-10,13H,4-6,11-12H2,1-3H3,(H,18,19). The SMILES string of the molecule is CCCCC(=O)Nc1ccc(C(=O)OCCC(C)C)cc1. The number of benzene rings is 1. The number of carbonyl (C=O) groups excluding carboxylic acids is 2. The third kappa shape index (κ3) is 6.93. The van der Waals surface area contributed by atoms with Crippen LogP contribution in [0.5, 0.6) is 0 Å². The van der Waals surface area contributed by atoms with Gasteiger partial charge in [0.05, 0.1) is 12.2 Å². The van der Waals surface area contributed by atoms with Crippen LogP contribution in [0.25, 0.3) is 0 Å². The zero-order valence-corrected chi connectivity index (χ0v) is 13.1. The van der Waals surface area contributed by atoms with Crippen LogP contribution in [0.4, 0.5) is 5.69 Å². The normalized spacial score (nSPS) is 10.5. The first-order valence-electron chi connectivity index (χ1n) is 7.60. The second-order valence-electron chi connectivity index (χ2n) is 5.55. The quantitative estimate of drug-likeness (QED) is 0.736. The van der Waals surface area contributed by atoms with Crippen LogP contribution in [0.3, 0.4) is 0 Å². The first-order chi connectivity index (χ1) is 10.0. The molecule has 1 amide bonds. The molecule has 0 spiro atoms. The summed E-state index contributed by atoms with van der Waals surface area (Å²) in [5.74, 6) is 0.196. The third-order valence-corrected chi connectivity index (χ3v) is 3.09. The van der Waals surface area contributed by atoms with Crippen molar-refractivity contribution in [2.45, 2.75) is 46.5 Å². The first kappa shape index (κ1) is 17.2. The van der Waals surface area contributed by atoms with E-state index in [1.807, 2.05) is 6.92 Å². The summed E-state index contributed by atoms with van der Waals surface area (Å²) >= 11 is 0. The zero-order valence-electron chi connectivity index (χ0n) is 13.1. The number of esters is 1. The maximum Gasteiger partial charge on any atom is 0.338 e. The second kappa shape index (κ2) is 9.16. The Kier molecular flexibility index (Phi) is 7.51. The number of rotatable bonds is 8. The lowest BCUT2D eigenvalue weighted by molar-refractivity contribution is -0.116. The van der Waals surface area contributed by atoms with Crippen molar-refractivity contribution in [3.63, 3.8) is 0 Å². The molecule has 0 atom stereocenters. The summed E-state index contributed by atoms with van der Waals surface area (Å²) < 4.78 is 5.19. The Morgan fingerprint density at radius 2 is 1.86 bits per heavy atom. The lowest BCUT2D eigenvalue weighted by Crippen LogP contribution is -2.11. The minimum atomic E-state index is -0.320. The van der Waals surface area contributed by atoms with E-state index < -0.39 is 0 Å². The number of ether oxygens (including phenoxy) is 1. The summed E-state index contributed by atoms with van der Waals surface area (Å²) in [4.78, 5) is 23.4. The van der Waals surface area contributed by atoms with Crippen LogP contribution < -0.4 is 5.32 Å². The molecule has 116 valence electrons. The topological polar surface area (TPSA) is 55.4 Å². The van der Waals surface area contributed by atoms with Crippen molar-refractivity contribution in [2.75, 3.05) is 11.9 Å². The maximum absolute atomic E-state index is 11.8. The fraction of sp³-hybridized carbons (Fsp3) is 0.529. The molecule has 1 aromatic rings. The van der Waals surface area contributed by atoms with E-state index >= 15 is 0 Å². The molecule has 0 radical (unpaired) electrons. The number of anilines is 1. The van der Waals surface area contributed by atoms with Crippen molar-refractivity contribution >= 4 is 17.6 Å². The van der Waals surface area contributed by atoms with Crippen LogP contribution in [0, 0.1) is 5.92 Å². The van der Waals surface area contributed by atoms with E-state index in [0.717, 1.165) is 19.3 Å². The smallest absolute Gasteiger partial charge is 0.338 e. The molecular formula is C17H25NO3. The number of amides is 1. The van der Waals surface area contributed by atoms with Crippen molar-refractivity contribution in [1.82, 2.24) is 0 Å². The predicted molar refractivity (Wildman–Crippen MR) is 84.3 cm³/mol. The summed E-state index contributed by atoms with van der Waals surface area (Å²) in [6.07, 6.45) is 3.26. The predicted octanol–water partition coefficient (Wildman–Crippen LogP) is 4.02. The van der Waals surface area contributed by atoms with E-state index in [9.17, 15) is 9.59 Å². The summed E-state index contributed by atoms with van der Waals surface area (Å²) in [7, 11) is 0. The number of nitrogens with one attached hydrogen (secondary N) is 1. The Labute approximate surface area is 126 Å². The Hall–Kier alpha value is -1.84. The molecule has 21 heavy (non-hydrogen) atoms. The van der Waals surface area contributed by atoms with Gasteiger partial charge in [0, 0.05) is 12.1 Å². The highest BCUT2D eigenvalue weighted by atomic mass is 16.5. The van der Waals surface area contributed by atoms with Crippen LogP contribution in [0.1, 0.15) is 56.8 Å². The van der Waals surface area contributed by atoms with E-state index in [0.29, 0.717) is 30.2 Å². The van der Waals surface area contributed by atoms with Gasteiger partial charge in [0.1, 0.15) is 0 Å². The van der Waals surface area contributed by atoms with Gasteiger partial charge < -0.3 is 10.1 Å². The highest BCUT2D eigenvalue weighted by molar-refractivity contribution is 5.93. The van der Waals surface area contributed by atoms with Gasteiger partial charge in [0.15, 0.2) is 0 Å². The van der Waals surface area contributed by atoms with Gasteiger partial charge in [-0.2, -0.15) is 0 Å². The molecular weight excluding hydrogens is 266 g/mol. The average molecular weight is 291 g/mol. The molecule has 0 unspecified atom stereocenters. The van der Waals surface area contributed by atoms with Crippen LogP contribution in [-0.4, -0.2) is 18.5 Å². The van der Waals surface area contributed by atoms with Crippen molar-refractivity contribution in [1.29, 1.82) is 0 Å². The highest BCUT2D eigenvalue weighted by Crippen LogP contribution is 2.12. The van der Waals surface area contributed by atoms with Crippen molar-refractivity contribution in [3.8, 4) is 0 Å². The van der Waals surface area contributed by atoms with E-state index in [-0.39, 0.29) is 11.9 Å². The molecule has 0 aliphatic rings. The summed E-state index contributed by atoms with van der Waals surface area (Å²) in [6.45, 7) is 6.66. The fourth-order valence-corrected chi connectivity index (χ4v) is 1.72. The number of hydrogen-bond donors (Lipinski definition) is 1. The van der Waals surface area contributed by atoms with Gasteiger partial charge in [0.25, 0.3) is 0 Å². The van der Waals surface area contributed by atoms with Crippen LogP contribution in [0.15, 0.2) is 24.3 Å². The molecule has 0 heterocycles. The molecule has 1 aromatic carbocycles. The average Bonchev–Trinajstić information content (AvgIpc) is 2.45. The first-order valence-corrected chi connectivity index (χ1v) is 7.60. The molecule has 0 saturated carbocycles. The van der Waals surface area contributed by atoms with Crippen LogP contribution in [-0.2, 0) is 9.53 Å². The van der Waals surface area contributed by atoms with Crippen molar-refractivity contribution in [2.24, 2.45) is 5.92 Å². The Morgan fingerprint density at radius 3 is 2.43 bits per heavy atom. The third-order valence-electron chi connectivity index (χ3n) is 3.09. The van der Waals surface area contributed by atoms with Crippen molar-refractivity contribution < 1.29 is 14.3 Å². The molecule has 1 N–H and O–H groups in total. The molecule has 0 saturated heterocycles. The summed E-state index contributed by atoms with van der Waals surface area (Å²) in [6, 6.07) is 6.80. The fourth-order valence-electron chi connectivity index (χ4n) is 1.72. The molecule has 0 aliphatic carbocycles. The lowest BCUT2D eigenvalue weighted by atomic mass is 10.1. The van der Waals surface area contributed by atoms with E-state index in [4.69, 9.17) is 4.74 Å². The van der Waals surface area contributed by atoms with E-state index in [2.05, 4.69) is 19.2 Å². The Bertz CT molecular complexity index is 452. The minimum absolute atomic E-state index is 0.00381. The second-order valence-corrected chi connectivity index (χ2v) is 5.55. The van der Waals surface area contributed by atoms with Gasteiger partial charge >= 0.3 is 5.97 Å². The maximum atomic E-state index is 11.8.